The highest BCUT2D eigenvalue weighted by Gasteiger charge is 2.25. The minimum absolute atomic E-state index is 0. The second-order valence-corrected chi connectivity index (χ2v) is 6.06. The van der Waals surface area contributed by atoms with Crippen molar-refractivity contribution in [1.29, 1.82) is 0 Å². The van der Waals surface area contributed by atoms with Gasteiger partial charge in [-0.15, -0.1) is 12.4 Å². The summed E-state index contributed by atoms with van der Waals surface area (Å²) in [5, 5.41) is 6.10. The van der Waals surface area contributed by atoms with Crippen molar-refractivity contribution in [2.75, 3.05) is 26.2 Å². The van der Waals surface area contributed by atoms with E-state index < -0.39 is 0 Å². The minimum Gasteiger partial charge on any atom is -0.365 e. The van der Waals surface area contributed by atoms with Crippen LogP contribution in [-0.4, -0.2) is 43.2 Å². The van der Waals surface area contributed by atoms with E-state index in [0.29, 0.717) is 6.54 Å². The summed E-state index contributed by atoms with van der Waals surface area (Å²) in [5.74, 6) is 0.0888. The molecule has 1 saturated heterocycles. The number of nitrogens with one attached hydrogen (secondary N) is 1. The third kappa shape index (κ3) is 4.07. The van der Waals surface area contributed by atoms with Crippen LogP contribution in [0.25, 0.3) is 10.8 Å². The zero-order chi connectivity index (χ0) is 16.2. The molecule has 2 aromatic rings. The molecule has 24 heavy (non-hydrogen) atoms. The van der Waals surface area contributed by atoms with Crippen molar-refractivity contribution >= 4 is 29.1 Å². The van der Waals surface area contributed by atoms with Crippen molar-refractivity contribution in [3.05, 3.63) is 48.0 Å². The Hall–Kier alpha value is -1.62. The topological polar surface area (TPSA) is 41.6 Å². The lowest BCUT2D eigenvalue weighted by Crippen LogP contribution is -2.49. The van der Waals surface area contributed by atoms with E-state index in [-0.39, 0.29) is 37.1 Å². The van der Waals surface area contributed by atoms with Crippen LogP contribution in [0.3, 0.4) is 0 Å². The number of benzene rings is 2. The number of halogens is 1. The first-order valence-electron chi connectivity index (χ1n) is 8.29. The number of nitrogens with zero attached hydrogens (tertiary/aromatic N) is 1. The van der Waals surface area contributed by atoms with Gasteiger partial charge in [0.1, 0.15) is 6.61 Å². The Bertz CT molecular complexity index is 687. The number of fused-ring (bicyclic) bond motifs is 1. The van der Waals surface area contributed by atoms with E-state index in [9.17, 15) is 4.79 Å². The fraction of sp³-hybridized carbons (Fsp3) is 0.421. The Labute approximate surface area is 149 Å². The molecule has 3 rings (SSSR count). The van der Waals surface area contributed by atoms with Gasteiger partial charge in [-0.3, -0.25) is 4.79 Å². The molecule has 1 heterocycles. The number of hydrogen-bond acceptors (Lipinski definition) is 3. The SMILES string of the molecule is CCN1CC(CN[C@H](C)c2cccc3ccccc23)OCC1=O.Cl. The Kier molecular flexibility index (Phi) is 6.60. The number of carbonyl (C=O) groups is 1. The first-order chi connectivity index (χ1) is 11.2. The van der Waals surface area contributed by atoms with Gasteiger partial charge < -0.3 is 15.0 Å². The standard InChI is InChI=1S/C19H24N2O2.ClH/c1-3-21-12-16(23-13-19(21)22)11-20-14(2)17-10-6-8-15-7-4-5-9-18(15)17;/h4-10,14,16,20H,3,11-13H2,1-2H3;1H/t14-,16?;/m1./s1. The van der Waals surface area contributed by atoms with E-state index in [1.54, 1.807) is 0 Å². The third-order valence-corrected chi connectivity index (χ3v) is 4.54. The molecule has 1 amide bonds. The van der Waals surface area contributed by atoms with Crippen LogP contribution in [0.2, 0.25) is 0 Å². The molecule has 0 aromatic heterocycles. The third-order valence-electron chi connectivity index (χ3n) is 4.54. The lowest BCUT2D eigenvalue weighted by molar-refractivity contribution is -0.148. The number of hydrogen-bond donors (Lipinski definition) is 1. The molecule has 0 saturated carbocycles. The Balaban J connectivity index is 0.00000208. The molecular weight excluding hydrogens is 324 g/mol. The van der Waals surface area contributed by atoms with Gasteiger partial charge in [-0.2, -0.15) is 0 Å². The van der Waals surface area contributed by atoms with Crippen molar-refractivity contribution in [2.45, 2.75) is 26.0 Å². The van der Waals surface area contributed by atoms with Gasteiger partial charge >= 0.3 is 0 Å². The quantitative estimate of drug-likeness (QED) is 0.902. The average Bonchev–Trinajstić information content (AvgIpc) is 2.60. The number of rotatable bonds is 5. The summed E-state index contributed by atoms with van der Waals surface area (Å²) in [6.07, 6.45) is 0.0603. The zero-order valence-electron chi connectivity index (χ0n) is 14.2. The molecule has 0 spiro atoms. The molecule has 2 atom stereocenters. The van der Waals surface area contributed by atoms with Crippen LogP contribution in [0.1, 0.15) is 25.5 Å². The second-order valence-electron chi connectivity index (χ2n) is 6.06. The summed E-state index contributed by atoms with van der Waals surface area (Å²) >= 11 is 0. The number of likely N-dealkylation sites (N-methyl/N-ethyl adjacent to an activating group) is 1. The smallest absolute Gasteiger partial charge is 0.248 e. The average molecular weight is 349 g/mol. The first kappa shape index (κ1) is 18.7. The molecule has 1 unspecified atom stereocenters. The molecule has 1 fully saturated rings. The molecule has 5 heteroatoms. The predicted molar refractivity (Wildman–Crippen MR) is 99.6 cm³/mol. The highest BCUT2D eigenvalue weighted by atomic mass is 35.5. The second kappa shape index (κ2) is 8.47. The highest BCUT2D eigenvalue weighted by Crippen LogP contribution is 2.24. The van der Waals surface area contributed by atoms with E-state index >= 15 is 0 Å². The fourth-order valence-corrected chi connectivity index (χ4v) is 3.16. The van der Waals surface area contributed by atoms with E-state index in [1.165, 1.54) is 16.3 Å². The van der Waals surface area contributed by atoms with Crippen LogP contribution in [0.5, 0.6) is 0 Å². The number of morpholine rings is 1. The van der Waals surface area contributed by atoms with Crippen molar-refractivity contribution in [3.8, 4) is 0 Å². The Morgan fingerprint density at radius 2 is 2.00 bits per heavy atom. The normalized spacial score (nSPS) is 19.2. The van der Waals surface area contributed by atoms with Gasteiger partial charge in [-0.05, 0) is 30.2 Å². The van der Waals surface area contributed by atoms with Crippen LogP contribution in [0.15, 0.2) is 42.5 Å². The Morgan fingerprint density at radius 1 is 1.25 bits per heavy atom. The van der Waals surface area contributed by atoms with Crippen LogP contribution in [0.4, 0.5) is 0 Å². The molecule has 2 aromatic carbocycles. The maximum atomic E-state index is 11.7. The van der Waals surface area contributed by atoms with Crippen LogP contribution in [0, 0.1) is 0 Å². The lowest BCUT2D eigenvalue weighted by Gasteiger charge is -2.32. The molecule has 0 aliphatic carbocycles. The molecule has 4 nitrogen and oxygen atoms in total. The predicted octanol–water partition coefficient (Wildman–Crippen LogP) is 3.16. The van der Waals surface area contributed by atoms with E-state index in [0.717, 1.165) is 13.1 Å². The summed E-state index contributed by atoms with van der Waals surface area (Å²) in [6, 6.07) is 15.1. The van der Waals surface area contributed by atoms with Gasteiger partial charge in [0.25, 0.3) is 0 Å². The molecular formula is C19H25ClN2O2. The highest BCUT2D eigenvalue weighted by molar-refractivity contribution is 5.86. The van der Waals surface area contributed by atoms with Crippen molar-refractivity contribution in [1.82, 2.24) is 10.2 Å². The van der Waals surface area contributed by atoms with Gasteiger partial charge in [0.05, 0.1) is 6.10 Å². The molecule has 1 aliphatic heterocycles. The molecule has 0 radical (unpaired) electrons. The van der Waals surface area contributed by atoms with Crippen molar-refractivity contribution in [3.63, 3.8) is 0 Å². The van der Waals surface area contributed by atoms with Crippen LogP contribution >= 0.6 is 12.4 Å². The largest absolute Gasteiger partial charge is 0.365 e. The molecule has 0 bridgehead atoms. The van der Waals surface area contributed by atoms with Gasteiger partial charge in [-0.25, -0.2) is 0 Å². The summed E-state index contributed by atoms with van der Waals surface area (Å²) < 4.78 is 5.64. The molecule has 1 N–H and O–H groups in total. The lowest BCUT2D eigenvalue weighted by atomic mass is 9.99. The minimum atomic E-state index is 0. The number of ether oxygens (including phenoxy) is 1. The summed E-state index contributed by atoms with van der Waals surface area (Å²) in [5.41, 5.74) is 1.29. The summed E-state index contributed by atoms with van der Waals surface area (Å²) in [7, 11) is 0. The van der Waals surface area contributed by atoms with Gasteiger partial charge in [-0.1, -0.05) is 42.5 Å². The van der Waals surface area contributed by atoms with Gasteiger partial charge in [0.15, 0.2) is 0 Å². The monoisotopic (exact) mass is 348 g/mol. The van der Waals surface area contributed by atoms with Crippen LogP contribution < -0.4 is 5.32 Å². The molecule has 1 aliphatic rings. The van der Waals surface area contributed by atoms with E-state index in [1.807, 2.05) is 11.8 Å². The number of carbonyl (C=O) groups excluding carboxylic acids is 1. The van der Waals surface area contributed by atoms with Gasteiger partial charge in [0, 0.05) is 25.7 Å². The van der Waals surface area contributed by atoms with Crippen molar-refractivity contribution < 1.29 is 9.53 Å². The van der Waals surface area contributed by atoms with Crippen LogP contribution in [-0.2, 0) is 9.53 Å². The summed E-state index contributed by atoms with van der Waals surface area (Å²) in [4.78, 5) is 13.5. The maximum Gasteiger partial charge on any atom is 0.248 e. The Morgan fingerprint density at radius 3 is 2.79 bits per heavy atom. The summed E-state index contributed by atoms with van der Waals surface area (Å²) in [6.45, 7) is 6.54. The molecule has 130 valence electrons. The van der Waals surface area contributed by atoms with E-state index in [2.05, 4.69) is 54.7 Å². The first-order valence-corrected chi connectivity index (χ1v) is 8.29. The van der Waals surface area contributed by atoms with Gasteiger partial charge in [0.2, 0.25) is 5.91 Å². The fourth-order valence-electron chi connectivity index (χ4n) is 3.16. The number of amides is 1. The van der Waals surface area contributed by atoms with E-state index in [4.69, 9.17) is 4.74 Å². The van der Waals surface area contributed by atoms with Crippen molar-refractivity contribution in [2.24, 2.45) is 0 Å². The zero-order valence-corrected chi connectivity index (χ0v) is 15.0. The maximum absolute atomic E-state index is 11.7.